The first-order valence-electron chi connectivity index (χ1n) is 42.1. The van der Waals surface area contributed by atoms with Gasteiger partial charge in [0.15, 0.2) is 0 Å². The molecule has 14 unspecified atom stereocenters. The second-order valence-corrected chi connectivity index (χ2v) is 35.3. The van der Waals surface area contributed by atoms with Crippen molar-refractivity contribution in [1.29, 1.82) is 5.26 Å². The third-order valence-electron chi connectivity index (χ3n) is 23.7. The Hall–Kier alpha value is -10.6. The Morgan fingerprint density at radius 3 is 1.31 bits per heavy atom. The number of nitro benzene ring substituents is 2. The maximum Gasteiger partial charge on any atom is 0.573 e. The summed E-state index contributed by atoms with van der Waals surface area (Å²) in [7, 11) is 0. The number of thioether (sulfide) groups is 2. The van der Waals surface area contributed by atoms with Crippen molar-refractivity contribution in [3.8, 4) is 17.6 Å². The van der Waals surface area contributed by atoms with Gasteiger partial charge in [0, 0.05) is 107 Å². The zero-order valence-corrected chi connectivity index (χ0v) is 74.1. The number of rotatable bonds is 12. The molecule has 129 heavy (non-hydrogen) atoms. The Balaban J connectivity index is 0.000000118. The standard InChI is InChI=1S/C23H27NO4.C19H17FN2O2.2C18H17ClN2O4S.C18H16F3NO3/c1-14(25)28-17-7-5-6-15(12-17)20-22-21(26-10-11-27-22)18-13-16(23(2,3)4)8-9-19(18)24-20;20-14-3-1-2-13(11-14)17-19-18(23-8-9-24-19)15-10-12(6-7-21)4-5-16(15)22-17;2*1-26-14-4-2-3-11-15(14)20-16(18-17(11)24-7-8-25-18)12-9-10(21(22)23)5-6-13(12)19;19-18(20,21)25-12-6-7-14-13(10-12)16-17(24-9-8-23-16)15(22-14)11-4-2-1-3-5-11/h5-9,12-13,20-22,24H,10-11H2,1-4H3;1-5,10-11,17-19,22H,6,8-9H2;2*2-6,9,16-18,20H,7-8H2,1H3;1-7,10,15-17,22H,8-9H2/t;;16-,17?,18?;;/m..0../s1. The lowest BCUT2D eigenvalue weighted by molar-refractivity contribution is -0.385. The number of hydrogen-bond donors (Lipinski definition) is 5. The maximum absolute atomic E-state index is 13.6. The molecule has 0 amide bonds. The molecule has 20 rings (SSSR count). The second kappa shape index (κ2) is 40.4. The summed E-state index contributed by atoms with van der Waals surface area (Å²) in [4.78, 5) is 35.1. The van der Waals surface area contributed by atoms with Crippen molar-refractivity contribution in [2.45, 2.75) is 147 Å². The number of alkyl halides is 3. The van der Waals surface area contributed by atoms with Crippen LogP contribution in [0, 0.1) is 37.4 Å². The van der Waals surface area contributed by atoms with Crippen LogP contribution in [0.4, 0.5) is 57.4 Å². The minimum absolute atomic E-state index is 0.00317. The molecule has 10 aromatic carbocycles. The summed E-state index contributed by atoms with van der Waals surface area (Å²) < 4.78 is 121. The molecule has 10 aliphatic rings. The molecular weight excluding hydrogens is 1750 g/mol. The summed E-state index contributed by atoms with van der Waals surface area (Å²) >= 11 is 16.1. The molecule has 0 bridgehead atoms. The fourth-order valence-corrected chi connectivity index (χ4v) is 19.6. The molecule has 0 radical (unpaired) electrons. The molecule has 5 fully saturated rings. The van der Waals surface area contributed by atoms with Crippen LogP contribution in [0.25, 0.3) is 0 Å². The van der Waals surface area contributed by atoms with Crippen molar-refractivity contribution in [1.82, 2.24) is 0 Å². The van der Waals surface area contributed by atoms with Crippen LogP contribution in [0.5, 0.6) is 11.5 Å². The van der Waals surface area contributed by atoms with Gasteiger partial charge in [-0.3, -0.25) is 25.0 Å². The number of non-ortho nitro benzene ring substituents is 2. The minimum Gasteiger partial charge on any atom is -0.427 e. The highest BCUT2D eigenvalue weighted by Gasteiger charge is 2.48. The fourth-order valence-electron chi connectivity index (χ4n) is 17.9. The van der Waals surface area contributed by atoms with Crippen LogP contribution in [0.3, 0.4) is 0 Å². The van der Waals surface area contributed by atoms with Crippen molar-refractivity contribution in [3.63, 3.8) is 0 Å². The summed E-state index contributed by atoms with van der Waals surface area (Å²) in [6.07, 6.45) is -2.97. The third kappa shape index (κ3) is 20.6. The highest BCUT2D eigenvalue weighted by Crippen LogP contribution is 2.54. The predicted molar refractivity (Wildman–Crippen MR) is 481 cm³/mol. The molecule has 25 nitrogen and oxygen atoms in total. The van der Waals surface area contributed by atoms with Crippen molar-refractivity contribution in [2.75, 3.05) is 105 Å². The smallest absolute Gasteiger partial charge is 0.427 e. The number of benzene rings is 10. The lowest BCUT2D eigenvalue weighted by Gasteiger charge is -2.43. The largest absolute Gasteiger partial charge is 0.573 e. The van der Waals surface area contributed by atoms with Gasteiger partial charge < -0.3 is 83.4 Å². The topological polar surface area (TPSA) is 298 Å². The molecule has 15 atom stereocenters. The number of carbonyl (C=O) groups excluding carboxylic acids is 1. The molecule has 0 aromatic heterocycles. The highest BCUT2D eigenvalue weighted by molar-refractivity contribution is 7.99. The Bertz CT molecular complexity index is 5650. The first-order valence-corrected chi connectivity index (χ1v) is 45.3. The first-order chi connectivity index (χ1) is 62.3. The van der Waals surface area contributed by atoms with Gasteiger partial charge >= 0.3 is 12.3 Å². The van der Waals surface area contributed by atoms with Crippen molar-refractivity contribution in [2.24, 2.45) is 0 Å². The van der Waals surface area contributed by atoms with Gasteiger partial charge in [0.25, 0.3) is 11.4 Å². The van der Waals surface area contributed by atoms with E-state index in [1.165, 1.54) is 61.0 Å². The zero-order chi connectivity index (χ0) is 90.4. The van der Waals surface area contributed by atoms with E-state index in [0.717, 1.165) is 82.7 Å². The van der Waals surface area contributed by atoms with E-state index < -0.39 is 22.3 Å². The van der Waals surface area contributed by atoms with E-state index in [0.29, 0.717) is 105 Å². The number of esters is 1. The molecule has 674 valence electrons. The monoisotopic (exact) mass is 1840 g/mol. The summed E-state index contributed by atoms with van der Waals surface area (Å²) in [5, 5.41) is 49.7. The number of nitro groups is 2. The van der Waals surface area contributed by atoms with Crippen LogP contribution < -0.4 is 36.1 Å². The fraction of sp³-hybridized carbons (Fsp3) is 0.354. The summed E-state index contributed by atoms with van der Waals surface area (Å²) in [6, 6.07) is 62.8. The van der Waals surface area contributed by atoms with Gasteiger partial charge in [0.1, 0.15) is 78.4 Å². The van der Waals surface area contributed by atoms with Crippen molar-refractivity contribution >= 4 is 92.5 Å². The number of nitrogens with zero attached hydrogens (tertiary/aromatic N) is 3. The first kappa shape index (κ1) is 91.7. The molecular formula is C96H94Cl2F4N8O17S2. The summed E-state index contributed by atoms with van der Waals surface area (Å²) in [5.74, 6) is -0.324. The molecule has 0 aliphatic carbocycles. The van der Waals surface area contributed by atoms with E-state index >= 15 is 0 Å². The van der Waals surface area contributed by atoms with E-state index in [4.69, 9.17) is 80.6 Å². The molecule has 0 spiro atoms. The van der Waals surface area contributed by atoms with Gasteiger partial charge in [-0.25, -0.2) is 4.39 Å². The van der Waals surface area contributed by atoms with Crippen molar-refractivity contribution < 1.29 is 89.0 Å². The number of nitrogens with one attached hydrogen (secondary N) is 5. The number of anilines is 5. The SMILES string of the molecule is CC(=O)Oc1cccc(C2Nc3ccc(C(C)(C)C)cc3C3OCCOC23)c1.CSc1cccc2c1NC(c1cc([N+](=O)[O-])ccc1Cl)C1OCCOC21.CSc1cccc2c1N[C@@H](c1cc([N+](=O)[O-])ccc1Cl)C1OCCOC21.FC(F)(F)Oc1ccc2c(c1)C1OCCOC1C(c1ccccc1)N2.N#CCc1ccc2c(c1)C1OCCOC1C(c1cccc(F)c1)N2. The number of fused-ring (bicyclic) bond motifs is 15. The van der Waals surface area contributed by atoms with E-state index in [2.05, 4.69) is 76.4 Å². The molecule has 33 heteroatoms. The highest BCUT2D eigenvalue weighted by atomic mass is 35.5. The summed E-state index contributed by atoms with van der Waals surface area (Å²) in [5.41, 5.74) is 16.0. The Morgan fingerprint density at radius 1 is 0.450 bits per heavy atom. The molecule has 0 saturated carbocycles. The number of nitriles is 1. The van der Waals surface area contributed by atoms with Crippen LogP contribution in [0.1, 0.15) is 155 Å². The number of para-hydroxylation sites is 2. The average molecular weight is 1840 g/mol. The maximum atomic E-state index is 13.6. The van der Waals surface area contributed by atoms with E-state index in [1.807, 2.05) is 122 Å². The van der Waals surface area contributed by atoms with Gasteiger partial charge in [-0.15, -0.1) is 36.7 Å². The lowest BCUT2D eigenvalue weighted by Crippen LogP contribution is -2.43. The quantitative estimate of drug-likeness (QED) is 0.0190. The zero-order valence-electron chi connectivity index (χ0n) is 70.9. The van der Waals surface area contributed by atoms with E-state index in [9.17, 15) is 42.6 Å². The van der Waals surface area contributed by atoms with E-state index in [-0.39, 0.29) is 119 Å². The van der Waals surface area contributed by atoms with Crippen molar-refractivity contribution in [3.05, 3.63) is 309 Å². The van der Waals surface area contributed by atoms with Gasteiger partial charge in [0.2, 0.25) is 0 Å². The second-order valence-electron chi connectivity index (χ2n) is 32.8. The number of hydrogen-bond acceptors (Lipinski definition) is 25. The molecule has 10 heterocycles. The van der Waals surface area contributed by atoms with Crippen LogP contribution in [0.15, 0.2) is 216 Å². The normalized spacial score (nSPS) is 24.6. The minimum atomic E-state index is -4.73. The van der Waals surface area contributed by atoms with Gasteiger partial charge in [-0.1, -0.05) is 141 Å². The summed E-state index contributed by atoms with van der Waals surface area (Å²) in [6.45, 7) is 13.1. The van der Waals surface area contributed by atoms with E-state index in [1.54, 1.807) is 53.9 Å². The molecule has 5 saturated heterocycles. The van der Waals surface area contributed by atoms with Crippen LogP contribution in [-0.2, 0) is 64.0 Å². The predicted octanol–water partition coefficient (Wildman–Crippen LogP) is 21.4. The van der Waals surface area contributed by atoms with Gasteiger partial charge in [0.05, 0.1) is 130 Å². The number of ether oxygens (including phenoxy) is 12. The Labute approximate surface area is 761 Å². The lowest BCUT2D eigenvalue weighted by atomic mass is 9.82. The van der Waals surface area contributed by atoms with Crippen LogP contribution in [0.2, 0.25) is 10.0 Å². The van der Waals surface area contributed by atoms with Crippen LogP contribution in [-0.4, -0.2) is 131 Å². The Kier molecular flexibility index (Phi) is 28.7. The number of halogens is 6. The molecule has 10 aliphatic heterocycles. The number of carbonyl (C=O) groups is 1. The molecule has 10 aromatic rings. The van der Waals surface area contributed by atoms with Gasteiger partial charge in [-0.2, -0.15) is 5.26 Å². The van der Waals surface area contributed by atoms with Gasteiger partial charge in [-0.05, 0) is 131 Å². The Morgan fingerprint density at radius 2 is 0.860 bits per heavy atom. The average Bonchev–Trinajstić information content (AvgIpc) is 0.768. The third-order valence-corrected chi connectivity index (χ3v) is 25.9. The van der Waals surface area contributed by atoms with Crippen LogP contribution >= 0.6 is 46.7 Å². The molecule has 5 N–H and O–H groups in total.